The summed E-state index contributed by atoms with van der Waals surface area (Å²) in [6, 6.07) is 7.49. The molecule has 1 aromatic heterocycles. The van der Waals surface area contributed by atoms with Crippen LogP contribution in [0.2, 0.25) is 0 Å². The maximum atomic E-state index is 11.7. The van der Waals surface area contributed by atoms with Crippen molar-refractivity contribution in [1.82, 2.24) is 9.97 Å². The molecule has 0 amide bonds. The van der Waals surface area contributed by atoms with Crippen LogP contribution in [0, 0.1) is 6.92 Å². The predicted molar refractivity (Wildman–Crippen MR) is 77.7 cm³/mol. The molecule has 0 saturated heterocycles. The van der Waals surface area contributed by atoms with Gasteiger partial charge in [0.1, 0.15) is 0 Å². The Bertz CT molecular complexity index is 632. The first-order valence-electron chi connectivity index (χ1n) is 6.15. The predicted octanol–water partition coefficient (Wildman–Crippen LogP) is 2.70. The summed E-state index contributed by atoms with van der Waals surface area (Å²) in [5.41, 5.74) is 7.53. The molecule has 0 radical (unpaired) electrons. The van der Waals surface area contributed by atoms with E-state index in [0.29, 0.717) is 28.7 Å². The van der Waals surface area contributed by atoms with Crippen molar-refractivity contribution in [1.29, 1.82) is 0 Å². The zero-order chi connectivity index (χ0) is 14.5. The van der Waals surface area contributed by atoms with E-state index in [1.165, 1.54) is 18.0 Å². The lowest BCUT2D eigenvalue weighted by atomic mass is 10.2. The van der Waals surface area contributed by atoms with Crippen LogP contribution >= 0.6 is 11.8 Å². The number of esters is 1. The molecule has 1 heterocycles. The van der Waals surface area contributed by atoms with Gasteiger partial charge < -0.3 is 10.5 Å². The Kier molecular flexibility index (Phi) is 4.57. The number of aromatic nitrogens is 2. The summed E-state index contributed by atoms with van der Waals surface area (Å²) < 4.78 is 4.94. The summed E-state index contributed by atoms with van der Waals surface area (Å²) in [6.45, 7) is 3.85. The van der Waals surface area contributed by atoms with Crippen LogP contribution in [0.15, 0.2) is 40.5 Å². The molecule has 0 bridgehead atoms. The minimum Gasteiger partial charge on any atom is -0.462 e. The van der Waals surface area contributed by atoms with Gasteiger partial charge in [-0.3, -0.25) is 0 Å². The average molecular weight is 289 g/mol. The molecule has 0 fully saturated rings. The fourth-order valence-corrected chi connectivity index (χ4v) is 2.39. The third kappa shape index (κ3) is 3.27. The van der Waals surface area contributed by atoms with Crippen molar-refractivity contribution in [2.24, 2.45) is 0 Å². The number of para-hydroxylation sites is 1. The standard InChI is InChI=1S/C14H15N3O2S/c1-3-19-13(18)10-8-16-14(17-9(10)2)20-12-7-5-4-6-11(12)15/h4-8H,3,15H2,1-2H3. The van der Waals surface area contributed by atoms with Gasteiger partial charge in [0.2, 0.25) is 0 Å². The van der Waals surface area contributed by atoms with Crippen LogP contribution in [0.5, 0.6) is 0 Å². The van der Waals surface area contributed by atoms with Gasteiger partial charge >= 0.3 is 5.97 Å². The number of aryl methyl sites for hydroxylation is 1. The van der Waals surface area contributed by atoms with Crippen molar-refractivity contribution in [2.75, 3.05) is 12.3 Å². The van der Waals surface area contributed by atoms with Gasteiger partial charge in [0.05, 0.1) is 17.9 Å². The summed E-state index contributed by atoms with van der Waals surface area (Å²) in [5, 5.41) is 0.549. The molecule has 6 heteroatoms. The van der Waals surface area contributed by atoms with Crippen molar-refractivity contribution < 1.29 is 9.53 Å². The number of anilines is 1. The molecule has 0 atom stereocenters. The Labute approximate surface area is 121 Å². The smallest absolute Gasteiger partial charge is 0.341 e. The average Bonchev–Trinajstić information content (AvgIpc) is 2.42. The molecule has 1 aromatic carbocycles. The van der Waals surface area contributed by atoms with Gasteiger partial charge in [-0.1, -0.05) is 12.1 Å². The Morgan fingerprint density at radius 3 is 2.80 bits per heavy atom. The van der Waals surface area contributed by atoms with E-state index in [1.807, 2.05) is 24.3 Å². The number of nitrogen functional groups attached to an aromatic ring is 1. The second-order valence-electron chi connectivity index (χ2n) is 4.01. The highest BCUT2D eigenvalue weighted by Gasteiger charge is 2.13. The Morgan fingerprint density at radius 1 is 1.40 bits per heavy atom. The number of hydrogen-bond acceptors (Lipinski definition) is 6. The lowest BCUT2D eigenvalue weighted by Crippen LogP contribution is -2.09. The van der Waals surface area contributed by atoms with E-state index in [4.69, 9.17) is 10.5 Å². The highest BCUT2D eigenvalue weighted by molar-refractivity contribution is 7.99. The first kappa shape index (κ1) is 14.3. The molecule has 2 aromatic rings. The topological polar surface area (TPSA) is 78.1 Å². The first-order chi connectivity index (χ1) is 9.61. The van der Waals surface area contributed by atoms with Gasteiger partial charge in [-0.05, 0) is 37.7 Å². The minimum atomic E-state index is -0.402. The summed E-state index contributed by atoms with van der Waals surface area (Å²) in [6.07, 6.45) is 1.49. The molecule has 20 heavy (non-hydrogen) atoms. The number of hydrogen-bond donors (Lipinski definition) is 1. The quantitative estimate of drug-likeness (QED) is 0.529. The van der Waals surface area contributed by atoms with Gasteiger partial charge in [0.25, 0.3) is 0 Å². The number of carbonyl (C=O) groups excluding carboxylic acids is 1. The van der Waals surface area contributed by atoms with Crippen LogP contribution in [0.25, 0.3) is 0 Å². The monoisotopic (exact) mass is 289 g/mol. The molecule has 0 aliphatic rings. The summed E-state index contributed by atoms with van der Waals surface area (Å²) in [5.74, 6) is -0.402. The molecule has 0 aliphatic heterocycles. The van der Waals surface area contributed by atoms with Crippen LogP contribution in [0.3, 0.4) is 0 Å². The van der Waals surface area contributed by atoms with E-state index < -0.39 is 5.97 Å². The summed E-state index contributed by atoms with van der Waals surface area (Å²) in [7, 11) is 0. The van der Waals surface area contributed by atoms with Crippen LogP contribution in [-0.4, -0.2) is 22.5 Å². The van der Waals surface area contributed by atoms with Gasteiger partial charge in [0, 0.05) is 16.8 Å². The molecule has 0 aliphatic carbocycles. The number of carbonyl (C=O) groups is 1. The van der Waals surface area contributed by atoms with Gasteiger partial charge in [-0.2, -0.15) is 0 Å². The van der Waals surface area contributed by atoms with E-state index in [-0.39, 0.29) is 0 Å². The van der Waals surface area contributed by atoms with Crippen LogP contribution in [0.4, 0.5) is 5.69 Å². The molecule has 0 unspecified atom stereocenters. The Hall–Kier alpha value is -2.08. The highest BCUT2D eigenvalue weighted by Crippen LogP contribution is 2.29. The van der Waals surface area contributed by atoms with Crippen LogP contribution in [-0.2, 0) is 4.74 Å². The zero-order valence-electron chi connectivity index (χ0n) is 11.3. The molecule has 2 N–H and O–H groups in total. The van der Waals surface area contributed by atoms with Gasteiger partial charge in [0.15, 0.2) is 5.16 Å². The molecule has 104 valence electrons. The number of nitrogens with zero attached hydrogens (tertiary/aromatic N) is 2. The lowest BCUT2D eigenvalue weighted by Gasteiger charge is -2.07. The van der Waals surface area contributed by atoms with Crippen molar-refractivity contribution in [3.05, 3.63) is 41.7 Å². The lowest BCUT2D eigenvalue weighted by molar-refractivity contribution is 0.0524. The van der Waals surface area contributed by atoms with Crippen molar-refractivity contribution in [3.8, 4) is 0 Å². The van der Waals surface area contributed by atoms with Crippen LogP contribution in [0.1, 0.15) is 23.0 Å². The summed E-state index contributed by atoms with van der Waals surface area (Å²) in [4.78, 5) is 21.0. The van der Waals surface area contributed by atoms with E-state index >= 15 is 0 Å². The largest absolute Gasteiger partial charge is 0.462 e. The zero-order valence-corrected chi connectivity index (χ0v) is 12.1. The van der Waals surface area contributed by atoms with Gasteiger partial charge in [-0.25, -0.2) is 14.8 Å². The molecule has 5 nitrogen and oxygen atoms in total. The minimum absolute atomic E-state index is 0.329. The van der Waals surface area contributed by atoms with E-state index in [0.717, 1.165) is 4.90 Å². The Morgan fingerprint density at radius 2 is 2.15 bits per heavy atom. The second-order valence-corrected chi connectivity index (χ2v) is 5.02. The maximum Gasteiger partial charge on any atom is 0.341 e. The SMILES string of the molecule is CCOC(=O)c1cnc(Sc2ccccc2N)nc1C. The number of benzene rings is 1. The number of rotatable bonds is 4. The van der Waals surface area contributed by atoms with Crippen molar-refractivity contribution in [2.45, 2.75) is 23.9 Å². The molecular weight excluding hydrogens is 274 g/mol. The molecule has 2 rings (SSSR count). The van der Waals surface area contributed by atoms with E-state index in [9.17, 15) is 4.79 Å². The molecule has 0 saturated carbocycles. The highest BCUT2D eigenvalue weighted by atomic mass is 32.2. The van der Waals surface area contributed by atoms with Crippen LogP contribution < -0.4 is 5.73 Å². The van der Waals surface area contributed by atoms with Gasteiger partial charge in [-0.15, -0.1) is 0 Å². The van der Waals surface area contributed by atoms with Crippen molar-refractivity contribution in [3.63, 3.8) is 0 Å². The second kappa shape index (κ2) is 6.38. The molecule has 0 spiro atoms. The Balaban J connectivity index is 2.21. The first-order valence-corrected chi connectivity index (χ1v) is 6.96. The fourth-order valence-electron chi connectivity index (χ4n) is 1.58. The maximum absolute atomic E-state index is 11.7. The number of ether oxygens (including phenoxy) is 1. The molecular formula is C14H15N3O2S. The van der Waals surface area contributed by atoms with E-state index in [1.54, 1.807) is 13.8 Å². The van der Waals surface area contributed by atoms with E-state index in [2.05, 4.69) is 9.97 Å². The summed E-state index contributed by atoms with van der Waals surface area (Å²) >= 11 is 1.36. The third-order valence-corrected chi connectivity index (χ3v) is 3.54. The van der Waals surface area contributed by atoms with Crippen molar-refractivity contribution >= 4 is 23.4 Å². The normalized spacial score (nSPS) is 10.3. The fraction of sp³-hybridized carbons (Fsp3) is 0.214. The third-order valence-electron chi connectivity index (χ3n) is 2.57. The number of nitrogens with two attached hydrogens (primary N) is 1.